The number of allylic oxidation sites excluding steroid dienone is 2. The molecule has 5 N–H and O–H groups in total. The Morgan fingerprint density at radius 1 is 1.16 bits per heavy atom. The molecule has 2 bridgehead atoms. The van der Waals surface area contributed by atoms with E-state index in [1.807, 2.05) is 12.2 Å². The van der Waals surface area contributed by atoms with E-state index < -0.39 is 71.8 Å². The first-order valence-electron chi connectivity index (χ1n) is 14.4. The molecule has 4 aliphatic rings. The van der Waals surface area contributed by atoms with Crippen LogP contribution < -0.4 is 26.4 Å². The number of fused-ring (bicyclic) bond motifs is 6. The van der Waals surface area contributed by atoms with Gasteiger partial charge in [0.1, 0.15) is 36.0 Å². The van der Waals surface area contributed by atoms with E-state index >= 15 is 0 Å². The molecule has 5 rings (SSSR count). The maximum absolute atomic E-state index is 14.0. The number of amides is 5. The van der Waals surface area contributed by atoms with Crippen molar-refractivity contribution in [2.75, 3.05) is 11.9 Å². The fourth-order valence-electron chi connectivity index (χ4n) is 6.86. The van der Waals surface area contributed by atoms with Crippen molar-refractivity contribution in [2.24, 2.45) is 34.8 Å². The number of hydrogen-bond donors (Lipinski definition) is 4. The van der Waals surface area contributed by atoms with Crippen molar-refractivity contribution < 1.29 is 41.9 Å². The van der Waals surface area contributed by atoms with E-state index in [9.17, 15) is 37.1 Å². The van der Waals surface area contributed by atoms with Crippen LogP contribution in [-0.4, -0.2) is 76.4 Å². The zero-order valence-corrected chi connectivity index (χ0v) is 24.4. The quantitative estimate of drug-likeness (QED) is 0.317. The Morgan fingerprint density at radius 3 is 2.52 bits per heavy atom. The second kappa shape index (κ2) is 11.4. The normalized spacial score (nSPS) is 28.3. The third-order valence-corrected chi connectivity index (χ3v) is 8.84. The Labute approximate surface area is 251 Å². The fraction of sp³-hybridized carbons (Fsp3) is 0.586. The number of anilines is 1. The molecule has 12 nitrogen and oxygen atoms in total. The molecule has 8 atom stereocenters. The molecule has 0 unspecified atom stereocenters. The molecule has 1 saturated carbocycles. The summed E-state index contributed by atoms with van der Waals surface area (Å²) in [6.07, 6.45) is -0.310. The van der Waals surface area contributed by atoms with Gasteiger partial charge < -0.3 is 31.3 Å². The zero-order chi connectivity index (χ0) is 32.1. The van der Waals surface area contributed by atoms with Crippen LogP contribution in [0, 0.1) is 29.1 Å². The Kier molecular flexibility index (Phi) is 8.10. The van der Waals surface area contributed by atoms with Crippen LogP contribution >= 0.6 is 0 Å². The van der Waals surface area contributed by atoms with Gasteiger partial charge in [-0.3, -0.25) is 29.0 Å². The molecular weight excluding hydrogens is 585 g/mol. The SMILES string of the molecule is CC(C)(C)[C@H](NC(=O)CC(F)(F)F)C(=O)N1C[C@H]2[C@@H]([C@H]1C(=O)N[C@@H](C[C@@H]1Oc3ccncc3NC1=O)C(N)=O)[C@H]1C=C[C@@H]2C1. The van der Waals surface area contributed by atoms with Gasteiger partial charge in [-0.1, -0.05) is 32.9 Å². The second-order valence-electron chi connectivity index (χ2n) is 13.0. The highest BCUT2D eigenvalue weighted by Crippen LogP contribution is 2.54. The van der Waals surface area contributed by atoms with E-state index in [1.54, 1.807) is 20.8 Å². The number of pyridine rings is 1. The number of primary amides is 1. The van der Waals surface area contributed by atoms with Gasteiger partial charge in [-0.05, 0) is 35.5 Å². The first kappa shape index (κ1) is 31.3. The molecule has 2 fully saturated rings. The average Bonchev–Trinajstić information content (AvgIpc) is 3.62. The highest BCUT2D eigenvalue weighted by Gasteiger charge is 2.59. The largest absolute Gasteiger partial charge is 0.478 e. The minimum atomic E-state index is -4.77. The van der Waals surface area contributed by atoms with Gasteiger partial charge in [0.15, 0.2) is 6.10 Å². The molecule has 0 aromatic carbocycles. The summed E-state index contributed by atoms with van der Waals surface area (Å²) in [5, 5.41) is 7.49. The first-order chi connectivity index (χ1) is 20.5. The maximum Gasteiger partial charge on any atom is 0.397 e. The molecule has 1 aromatic rings. The van der Waals surface area contributed by atoms with Crippen molar-refractivity contribution in [3.8, 4) is 5.75 Å². The third-order valence-electron chi connectivity index (χ3n) is 8.84. The van der Waals surface area contributed by atoms with Crippen LogP contribution in [-0.2, 0) is 24.0 Å². The van der Waals surface area contributed by atoms with Crippen LogP contribution in [0.15, 0.2) is 30.6 Å². The van der Waals surface area contributed by atoms with Gasteiger partial charge in [0.05, 0.1) is 6.20 Å². The number of nitrogens with two attached hydrogens (primary N) is 1. The number of ether oxygens (including phenoxy) is 1. The van der Waals surface area contributed by atoms with E-state index in [-0.39, 0.29) is 36.6 Å². The van der Waals surface area contributed by atoms with Crippen LogP contribution in [0.25, 0.3) is 0 Å². The van der Waals surface area contributed by atoms with Gasteiger partial charge in [-0.15, -0.1) is 0 Å². The number of hydrogen-bond acceptors (Lipinski definition) is 7. The average molecular weight is 621 g/mol. The molecular formula is C29H35F3N6O6. The predicted molar refractivity (Wildman–Crippen MR) is 148 cm³/mol. The number of carbonyl (C=O) groups is 5. The van der Waals surface area contributed by atoms with Crippen molar-refractivity contribution in [3.05, 3.63) is 30.6 Å². The summed E-state index contributed by atoms with van der Waals surface area (Å²) in [5.41, 5.74) is 4.98. The Bertz CT molecular complexity index is 1390. The Hall–Kier alpha value is -4.17. The van der Waals surface area contributed by atoms with Gasteiger partial charge in [0, 0.05) is 25.2 Å². The van der Waals surface area contributed by atoms with E-state index in [4.69, 9.17) is 10.5 Å². The lowest BCUT2D eigenvalue weighted by atomic mass is 9.81. The van der Waals surface area contributed by atoms with E-state index in [2.05, 4.69) is 20.9 Å². The molecule has 2 aliphatic heterocycles. The van der Waals surface area contributed by atoms with Crippen molar-refractivity contribution in [2.45, 2.75) is 70.4 Å². The van der Waals surface area contributed by atoms with Crippen LogP contribution in [0.2, 0.25) is 0 Å². The summed E-state index contributed by atoms with van der Waals surface area (Å²) < 4.78 is 44.5. The summed E-state index contributed by atoms with van der Waals surface area (Å²) in [6.45, 7) is 4.96. The number of alkyl halides is 3. The van der Waals surface area contributed by atoms with Gasteiger partial charge >= 0.3 is 6.18 Å². The second-order valence-corrected chi connectivity index (χ2v) is 13.0. The number of aromatic nitrogens is 1. The lowest BCUT2D eigenvalue weighted by Gasteiger charge is -2.37. The van der Waals surface area contributed by atoms with Gasteiger partial charge in [0.25, 0.3) is 5.91 Å². The molecule has 5 amide bonds. The number of nitrogens with zero attached hydrogens (tertiary/aromatic N) is 2. The molecule has 15 heteroatoms. The molecule has 238 valence electrons. The van der Waals surface area contributed by atoms with Crippen LogP contribution in [0.1, 0.15) is 40.0 Å². The standard InChI is InChI=1S/C29H35F3N6O6/c1-28(2,3)23(37-20(39)10-29(30,31)32)27(43)38-12-15-13-4-5-14(8-13)21(15)22(38)26(42)35-16(24(33)40)9-19-25(41)36-17-11-34-7-6-18(17)44-19/h4-7,11,13-16,19,21-23H,8-10,12H2,1-3H3,(H2,33,40)(H,35,42)(H,36,41)(H,37,39)/t13-,14+,15-,16+,19+,21+,22+,23-/m1/s1. The minimum Gasteiger partial charge on any atom is -0.478 e. The van der Waals surface area contributed by atoms with Gasteiger partial charge in [-0.25, -0.2) is 0 Å². The number of rotatable bonds is 8. The number of nitrogens with one attached hydrogen (secondary N) is 3. The van der Waals surface area contributed by atoms with Gasteiger partial charge in [-0.2, -0.15) is 13.2 Å². The summed E-state index contributed by atoms with van der Waals surface area (Å²) in [4.78, 5) is 70.7. The third kappa shape index (κ3) is 6.22. The van der Waals surface area contributed by atoms with Gasteiger partial charge in [0.2, 0.25) is 23.6 Å². The highest BCUT2D eigenvalue weighted by atomic mass is 19.4. The number of halogens is 3. The predicted octanol–water partition coefficient (Wildman–Crippen LogP) is 1.27. The molecule has 0 spiro atoms. The number of carbonyl (C=O) groups excluding carboxylic acids is 5. The topological polar surface area (TPSA) is 173 Å². The maximum atomic E-state index is 14.0. The molecule has 3 heterocycles. The summed E-state index contributed by atoms with van der Waals surface area (Å²) >= 11 is 0. The monoisotopic (exact) mass is 620 g/mol. The molecule has 2 aliphatic carbocycles. The van der Waals surface area contributed by atoms with E-state index in [0.29, 0.717) is 11.4 Å². The van der Waals surface area contributed by atoms with E-state index in [0.717, 1.165) is 6.42 Å². The van der Waals surface area contributed by atoms with Crippen molar-refractivity contribution in [1.29, 1.82) is 0 Å². The summed E-state index contributed by atoms with van der Waals surface area (Å²) in [5.74, 6) is -4.25. The summed E-state index contributed by atoms with van der Waals surface area (Å²) in [6, 6.07) is -2.27. The van der Waals surface area contributed by atoms with Crippen LogP contribution in [0.4, 0.5) is 18.9 Å². The molecule has 1 saturated heterocycles. The number of likely N-dealkylation sites (tertiary alicyclic amines) is 1. The lowest BCUT2D eigenvalue weighted by molar-refractivity contribution is -0.157. The molecule has 0 radical (unpaired) electrons. The zero-order valence-electron chi connectivity index (χ0n) is 24.4. The summed E-state index contributed by atoms with van der Waals surface area (Å²) in [7, 11) is 0. The van der Waals surface area contributed by atoms with Crippen molar-refractivity contribution in [1.82, 2.24) is 20.5 Å². The smallest absolute Gasteiger partial charge is 0.397 e. The highest BCUT2D eigenvalue weighted by molar-refractivity contribution is 5.99. The fourth-order valence-corrected chi connectivity index (χ4v) is 6.86. The van der Waals surface area contributed by atoms with Crippen molar-refractivity contribution >= 4 is 35.2 Å². The Morgan fingerprint density at radius 2 is 1.86 bits per heavy atom. The minimum absolute atomic E-state index is 0.0314. The lowest BCUT2D eigenvalue weighted by Crippen LogP contribution is -2.60. The van der Waals surface area contributed by atoms with Crippen molar-refractivity contribution in [3.63, 3.8) is 0 Å². The molecule has 1 aromatic heterocycles. The first-order valence-corrected chi connectivity index (χ1v) is 14.4. The van der Waals surface area contributed by atoms with E-state index in [1.165, 1.54) is 23.4 Å². The van der Waals surface area contributed by atoms with Crippen LogP contribution in [0.3, 0.4) is 0 Å². The Balaban J connectivity index is 1.38. The molecule has 44 heavy (non-hydrogen) atoms. The van der Waals surface area contributed by atoms with Crippen LogP contribution in [0.5, 0.6) is 5.75 Å².